The number of nitrogens with zero attached hydrogens (tertiary/aromatic N) is 1. The van der Waals surface area contributed by atoms with Crippen LogP contribution in [0.1, 0.15) is 30.1 Å². The Bertz CT molecular complexity index is 692. The van der Waals surface area contributed by atoms with Crippen molar-refractivity contribution in [3.05, 3.63) is 23.8 Å². The summed E-state index contributed by atoms with van der Waals surface area (Å²) in [5.74, 6) is -0.667. The van der Waals surface area contributed by atoms with Crippen molar-refractivity contribution >= 4 is 11.8 Å². The van der Waals surface area contributed by atoms with Crippen LogP contribution >= 0.6 is 0 Å². The highest BCUT2D eigenvalue weighted by atomic mass is 19.4. The molecule has 9 heteroatoms. The van der Waals surface area contributed by atoms with Crippen LogP contribution in [0.5, 0.6) is 11.5 Å². The maximum atomic E-state index is 13.4. The Balaban J connectivity index is 1.90. The fraction of sp³-hybridized carbons (Fsp3) is 0.500. The van der Waals surface area contributed by atoms with Crippen LogP contribution < -0.4 is 14.8 Å². The Morgan fingerprint density at radius 2 is 2.00 bits per heavy atom. The maximum Gasteiger partial charge on any atom is 0.408 e. The number of nitrogens with one attached hydrogen (secondary N) is 1. The van der Waals surface area contributed by atoms with Gasteiger partial charge < -0.3 is 19.7 Å². The van der Waals surface area contributed by atoms with Crippen LogP contribution in [0.3, 0.4) is 0 Å². The van der Waals surface area contributed by atoms with Gasteiger partial charge in [-0.1, -0.05) is 6.07 Å². The summed E-state index contributed by atoms with van der Waals surface area (Å²) in [7, 11) is 0. The van der Waals surface area contributed by atoms with Crippen molar-refractivity contribution in [2.24, 2.45) is 0 Å². The molecule has 1 aromatic carbocycles. The van der Waals surface area contributed by atoms with E-state index >= 15 is 0 Å². The van der Waals surface area contributed by atoms with Crippen molar-refractivity contribution in [1.82, 2.24) is 10.2 Å². The predicted octanol–water partition coefficient (Wildman–Crippen LogP) is 2.09. The zero-order valence-corrected chi connectivity index (χ0v) is 13.4. The molecule has 25 heavy (non-hydrogen) atoms. The fourth-order valence-electron chi connectivity index (χ4n) is 3.19. The number of fused-ring (bicyclic) bond motifs is 1. The monoisotopic (exact) mass is 358 g/mol. The average molecular weight is 358 g/mol. The summed E-state index contributed by atoms with van der Waals surface area (Å²) in [6.45, 7) is 0.987. The number of para-hydroxylation sites is 1. The molecule has 1 aromatic rings. The van der Waals surface area contributed by atoms with Crippen LogP contribution in [-0.2, 0) is 4.79 Å². The summed E-state index contributed by atoms with van der Waals surface area (Å²) in [5, 5.41) is 2.59. The number of benzene rings is 1. The zero-order chi connectivity index (χ0) is 18.2. The Morgan fingerprint density at radius 3 is 2.68 bits per heavy atom. The highest BCUT2D eigenvalue weighted by Gasteiger charge is 2.48. The third kappa shape index (κ3) is 3.49. The van der Waals surface area contributed by atoms with E-state index in [0.717, 1.165) is 4.90 Å². The highest BCUT2D eigenvalue weighted by molar-refractivity contribution is 5.98. The van der Waals surface area contributed by atoms with Gasteiger partial charge in [0.15, 0.2) is 11.5 Å². The van der Waals surface area contributed by atoms with Gasteiger partial charge in [0.05, 0.1) is 5.56 Å². The van der Waals surface area contributed by atoms with Crippen molar-refractivity contribution in [1.29, 1.82) is 0 Å². The van der Waals surface area contributed by atoms with Gasteiger partial charge in [0, 0.05) is 19.5 Å². The fourth-order valence-corrected chi connectivity index (χ4v) is 3.19. The molecule has 0 aromatic heterocycles. The first-order valence-electron chi connectivity index (χ1n) is 7.80. The second-order valence-electron chi connectivity index (χ2n) is 6.03. The van der Waals surface area contributed by atoms with Gasteiger partial charge in [0.2, 0.25) is 12.7 Å². The Kier molecular flexibility index (Phi) is 4.49. The van der Waals surface area contributed by atoms with Gasteiger partial charge >= 0.3 is 6.18 Å². The molecule has 0 spiro atoms. The summed E-state index contributed by atoms with van der Waals surface area (Å²) in [4.78, 5) is 24.8. The van der Waals surface area contributed by atoms with E-state index in [1.807, 2.05) is 0 Å². The Hall–Kier alpha value is -2.45. The topological polar surface area (TPSA) is 67.9 Å². The van der Waals surface area contributed by atoms with E-state index in [9.17, 15) is 22.8 Å². The lowest BCUT2D eigenvalue weighted by Gasteiger charge is -2.40. The van der Waals surface area contributed by atoms with E-state index in [-0.39, 0.29) is 43.4 Å². The zero-order valence-electron chi connectivity index (χ0n) is 13.4. The lowest BCUT2D eigenvalue weighted by Crippen LogP contribution is -2.58. The van der Waals surface area contributed by atoms with Gasteiger partial charge in [-0.05, 0) is 25.0 Å². The van der Waals surface area contributed by atoms with E-state index in [4.69, 9.17) is 9.47 Å². The van der Waals surface area contributed by atoms with E-state index in [2.05, 4.69) is 5.32 Å². The minimum atomic E-state index is -4.55. The largest absolute Gasteiger partial charge is 0.454 e. The van der Waals surface area contributed by atoms with E-state index in [0.29, 0.717) is 5.75 Å². The van der Waals surface area contributed by atoms with E-state index in [1.54, 1.807) is 6.07 Å². The third-order valence-electron chi connectivity index (χ3n) is 4.25. The minimum Gasteiger partial charge on any atom is -0.454 e. The van der Waals surface area contributed by atoms with Crippen molar-refractivity contribution in [3.63, 3.8) is 0 Å². The molecule has 1 N–H and O–H groups in total. The third-order valence-corrected chi connectivity index (χ3v) is 4.25. The summed E-state index contributed by atoms with van der Waals surface area (Å²) in [5.41, 5.74) is 0.0210. The number of hydrogen-bond acceptors (Lipinski definition) is 4. The van der Waals surface area contributed by atoms with Crippen molar-refractivity contribution in [3.8, 4) is 11.5 Å². The Morgan fingerprint density at radius 1 is 1.24 bits per heavy atom. The smallest absolute Gasteiger partial charge is 0.408 e. The lowest BCUT2D eigenvalue weighted by atomic mass is 9.96. The summed E-state index contributed by atoms with van der Waals surface area (Å²) < 4.78 is 50.6. The van der Waals surface area contributed by atoms with Gasteiger partial charge in [0.25, 0.3) is 5.91 Å². The van der Waals surface area contributed by atoms with Gasteiger partial charge in [-0.2, -0.15) is 13.2 Å². The number of alkyl halides is 3. The molecule has 2 atom stereocenters. The first-order valence-corrected chi connectivity index (χ1v) is 7.80. The van der Waals surface area contributed by atoms with Crippen LogP contribution in [0.4, 0.5) is 13.2 Å². The molecule has 0 radical (unpaired) electrons. The summed E-state index contributed by atoms with van der Waals surface area (Å²) in [6, 6.07) is 2.10. The van der Waals surface area contributed by atoms with Gasteiger partial charge in [-0.25, -0.2) is 0 Å². The van der Waals surface area contributed by atoms with E-state index < -0.39 is 24.2 Å². The van der Waals surface area contributed by atoms with Crippen molar-refractivity contribution < 1.29 is 32.2 Å². The van der Waals surface area contributed by atoms with Gasteiger partial charge in [-0.15, -0.1) is 0 Å². The molecule has 1 fully saturated rings. The molecule has 1 saturated heterocycles. The molecule has 3 rings (SSSR count). The van der Waals surface area contributed by atoms with Crippen LogP contribution in [0.25, 0.3) is 0 Å². The van der Waals surface area contributed by atoms with Crippen molar-refractivity contribution in [2.45, 2.75) is 38.0 Å². The number of halogens is 3. The molecule has 2 heterocycles. The second kappa shape index (κ2) is 6.45. The summed E-state index contributed by atoms with van der Waals surface area (Å²) in [6.07, 6.45) is -4.67. The van der Waals surface area contributed by atoms with Crippen LogP contribution in [-0.4, -0.2) is 48.3 Å². The molecule has 0 bridgehead atoms. The number of carbonyl (C=O) groups excluding carboxylic acids is 2. The number of rotatable bonds is 2. The standard InChI is InChI=1S/C16H17F3N2O4/c1-9(22)20-10-5-6-13(16(17,18)19)21(7-10)15(23)11-3-2-4-12-14(11)25-8-24-12/h2-4,10,13H,5-8H2,1H3,(H,20,22)/t10-,13+/m0/s1. The number of hydrogen-bond donors (Lipinski definition) is 1. The minimum absolute atomic E-state index is 0.0210. The Labute approximate surface area is 141 Å². The molecule has 0 aliphatic carbocycles. The molecule has 2 aliphatic rings. The molecule has 6 nitrogen and oxygen atoms in total. The van der Waals surface area contributed by atoms with Crippen molar-refractivity contribution in [2.75, 3.05) is 13.3 Å². The molecule has 0 saturated carbocycles. The van der Waals surface area contributed by atoms with Gasteiger partial charge in [0.1, 0.15) is 6.04 Å². The number of piperidine rings is 1. The normalized spacial score (nSPS) is 22.6. The van der Waals surface area contributed by atoms with Gasteiger partial charge in [-0.3, -0.25) is 9.59 Å². The molecular weight excluding hydrogens is 341 g/mol. The SMILES string of the molecule is CC(=O)N[C@H]1CC[C@H](C(F)(F)F)N(C(=O)c2cccc3c2OCO3)C1. The quantitative estimate of drug-likeness (QED) is 0.879. The van der Waals surface area contributed by atoms with E-state index in [1.165, 1.54) is 19.1 Å². The van der Waals surface area contributed by atoms with Crippen LogP contribution in [0.15, 0.2) is 18.2 Å². The van der Waals surface area contributed by atoms with Crippen LogP contribution in [0, 0.1) is 0 Å². The summed E-state index contributed by atoms with van der Waals surface area (Å²) >= 11 is 0. The number of likely N-dealkylation sites (tertiary alicyclic amines) is 1. The number of amides is 2. The number of ether oxygens (including phenoxy) is 2. The first kappa shape index (κ1) is 17.4. The van der Waals surface area contributed by atoms with Crippen LogP contribution in [0.2, 0.25) is 0 Å². The molecule has 0 unspecified atom stereocenters. The number of carbonyl (C=O) groups is 2. The average Bonchev–Trinajstić information content (AvgIpc) is 3.01. The predicted molar refractivity (Wildman–Crippen MR) is 80.3 cm³/mol. The maximum absolute atomic E-state index is 13.4. The molecular formula is C16H17F3N2O4. The first-order chi connectivity index (χ1) is 11.8. The molecule has 2 amide bonds. The lowest BCUT2D eigenvalue weighted by molar-refractivity contribution is -0.184. The molecule has 136 valence electrons. The second-order valence-corrected chi connectivity index (χ2v) is 6.03. The molecule has 2 aliphatic heterocycles. The highest BCUT2D eigenvalue weighted by Crippen LogP contribution is 2.38.